The zero-order chi connectivity index (χ0) is 40.5. The van der Waals surface area contributed by atoms with Crippen LogP contribution in [0.5, 0.6) is 0 Å². The van der Waals surface area contributed by atoms with Gasteiger partial charge >= 0.3 is 0 Å². The molecule has 1 aliphatic heterocycles. The minimum atomic E-state index is -0.281. The van der Waals surface area contributed by atoms with Gasteiger partial charge < -0.3 is 5.32 Å². The van der Waals surface area contributed by atoms with Gasteiger partial charge in [0, 0.05) is 30.4 Å². The zero-order valence-corrected chi connectivity index (χ0v) is 35.0. The first kappa shape index (κ1) is 25.1. The molecule has 29 aromatic rings. The molecule has 0 saturated carbocycles. The highest BCUT2D eigenvalue weighted by atomic mass is 15.1. The molecular weight excluding hydrogens is 833 g/mol. The van der Waals surface area contributed by atoms with E-state index in [2.05, 4.69) is 24.5 Å². The predicted octanol–water partition coefficient (Wildman–Crippen LogP) is 17.6. The average molecular weight is 841 g/mol. The highest BCUT2D eigenvalue weighted by molar-refractivity contribution is 6.82. The Labute approximate surface area is 375 Å². The lowest BCUT2D eigenvalue weighted by atomic mass is 9.56. The molecule has 4 atom stereocenters. The van der Waals surface area contributed by atoms with Gasteiger partial charge in [-0.3, -0.25) is 4.98 Å². The van der Waals surface area contributed by atoms with Crippen molar-refractivity contribution in [2.24, 2.45) is 0 Å². The van der Waals surface area contributed by atoms with Gasteiger partial charge in [0.1, 0.15) is 0 Å². The lowest BCUT2D eigenvalue weighted by molar-refractivity contribution is 0.428. The SMILES string of the molecule is c1cc(C2NC3c4c5c6c7c8c9c%10c%11c%12c(c%13c4c4c%14c5c5c6c6c8c8c%15c9c9c%11c%11c%12c%12c%13c%13c4c4c%14c%14c5c5c6c8c6c8c%15c9c9c%11c%11c%12c%13c%12c4c4c%14c5c6c5c8c9c%11c%12c45)C3C7%102)ccn1. The van der Waals surface area contributed by atoms with Crippen molar-refractivity contribution >= 4 is 291 Å². The predicted molar refractivity (Wildman–Crippen MR) is 289 cm³/mol. The maximum absolute atomic E-state index is 4.80. The fourth-order valence-corrected chi connectivity index (χ4v) is 25.4. The molecule has 0 radical (unpaired) electrons. The smallest absolute Gasteiger partial charge is 0.0510 e. The minimum Gasteiger partial charge on any atom is -0.301 e. The highest BCUT2D eigenvalue weighted by Crippen LogP contribution is 2.85. The zero-order valence-electron chi connectivity index (χ0n) is 35.0. The van der Waals surface area contributed by atoms with Crippen molar-refractivity contribution < 1.29 is 0 Å². The molecule has 28 aromatic carbocycles. The first-order valence-electron chi connectivity index (χ1n) is 25.9. The first-order valence-corrected chi connectivity index (χ1v) is 25.9. The van der Waals surface area contributed by atoms with Crippen LogP contribution in [-0.4, -0.2) is 4.98 Å². The Morgan fingerprint density at radius 3 is 0.783 bits per heavy atom. The number of rotatable bonds is 1. The molecule has 1 spiro atoms. The van der Waals surface area contributed by atoms with Crippen molar-refractivity contribution in [1.82, 2.24) is 10.3 Å². The Kier molecular flexibility index (Phi) is 2.07. The molecule has 1 N–H and O–H groups in total. The minimum absolute atomic E-state index is 0.117. The third kappa shape index (κ3) is 1.34. The number of pyridine rings is 1. The van der Waals surface area contributed by atoms with E-state index < -0.39 is 0 Å². The summed E-state index contributed by atoms with van der Waals surface area (Å²) in [4.78, 5) is 4.74. The summed E-state index contributed by atoms with van der Waals surface area (Å²) in [5.74, 6) is 0.294. The van der Waals surface area contributed by atoms with Gasteiger partial charge in [-0.05, 0) is 331 Å². The number of benzene rings is 18. The van der Waals surface area contributed by atoms with Crippen LogP contribution in [0.25, 0.3) is 291 Å². The first-order chi connectivity index (χ1) is 34.5. The van der Waals surface area contributed by atoms with Crippen LogP contribution >= 0.6 is 0 Å². The van der Waals surface area contributed by atoms with Crippen LogP contribution in [0.4, 0.5) is 0 Å². The van der Waals surface area contributed by atoms with Crippen LogP contribution in [0.2, 0.25) is 0 Å². The van der Waals surface area contributed by atoms with E-state index in [1.807, 2.05) is 0 Å². The lowest BCUT2D eigenvalue weighted by Gasteiger charge is -2.44. The maximum Gasteiger partial charge on any atom is 0.0510 e. The maximum atomic E-state index is 4.80. The van der Waals surface area contributed by atoms with Gasteiger partial charge in [0.15, 0.2) is 0 Å². The van der Waals surface area contributed by atoms with Gasteiger partial charge in [-0.15, -0.1) is 0 Å². The van der Waals surface area contributed by atoms with E-state index in [0.29, 0.717) is 5.92 Å². The summed E-state index contributed by atoms with van der Waals surface area (Å²) >= 11 is 0. The summed E-state index contributed by atoms with van der Waals surface area (Å²) in [5, 5.41) is 94.6. The number of nitrogens with one attached hydrogen (secondary N) is 1. The van der Waals surface area contributed by atoms with Crippen LogP contribution in [0.15, 0.2) is 24.5 Å². The molecule has 4 unspecified atom stereocenters. The van der Waals surface area contributed by atoms with Gasteiger partial charge in [-0.2, -0.15) is 0 Å². The molecule has 2 nitrogen and oxygen atoms in total. The van der Waals surface area contributed by atoms with Crippen LogP contribution in [0, 0.1) is 0 Å². The van der Waals surface area contributed by atoms with Gasteiger partial charge in [-0.25, -0.2) is 0 Å². The molecule has 1 saturated heterocycles. The Bertz CT molecular complexity index is 7530. The van der Waals surface area contributed by atoms with Crippen LogP contribution in [0.1, 0.15) is 45.8 Å². The van der Waals surface area contributed by atoms with Gasteiger partial charge in [-0.1, -0.05) is 0 Å². The van der Waals surface area contributed by atoms with E-state index in [-0.39, 0.29) is 17.5 Å². The second kappa shape index (κ2) is 5.69. The fourth-order valence-electron chi connectivity index (χ4n) is 25.4. The molecule has 33 rings (SSSR count). The van der Waals surface area contributed by atoms with Crippen molar-refractivity contribution in [3.05, 3.63) is 52.3 Å². The number of fused-ring (bicyclic) bond motifs is 4. The lowest BCUT2D eigenvalue weighted by Crippen LogP contribution is -2.38. The quantitative estimate of drug-likeness (QED) is 0.167. The third-order valence-corrected chi connectivity index (χ3v) is 25.4. The van der Waals surface area contributed by atoms with Crippen molar-refractivity contribution in [3.8, 4) is 0 Å². The topological polar surface area (TPSA) is 24.9 Å². The Morgan fingerprint density at radius 1 is 0.261 bits per heavy atom. The molecule has 1 fully saturated rings. The van der Waals surface area contributed by atoms with Crippen molar-refractivity contribution in [2.75, 3.05) is 0 Å². The molecular formula is C67H8N2. The molecule has 2 heterocycles. The monoisotopic (exact) mass is 840 g/mol. The van der Waals surface area contributed by atoms with E-state index >= 15 is 0 Å². The van der Waals surface area contributed by atoms with Crippen molar-refractivity contribution in [3.63, 3.8) is 0 Å². The summed E-state index contributed by atoms with van der Waals surface area (Å²) < 4.78 is 0. The summed E-state index contributed by atoms with van der Waals surface area (Å²) in [7, 11) is 0. The summed E-state index contributed by atoms with van der Waals surface area (Å²) in [6, 6.07) is 5.14. The molecule has 2 heteroatoms. The Balaban J connectivity index is 1.20. The molecule has 286 valence electrons. The highest BCUT2D eigenvalue weighted by Gasteiger charge is 2.69. The molecule has 4 aliphatic rings. The number of aromatic nitrogens is 1. The van der Waals surface area contributed by atoms with Crippen LogP contribution in [-0.2, 0) is 5.41 Å². The van der Waals surface area contributed by atoms with Gasteiger partial charge in [0.05, 0.1) is 5.41 Å². The number of hydrogen-bond acceptors (Lipinski definition) is 2. The Morgan fingerprint density at radius 2 is 0.478 bits per heavy atom. The van der Waals surface area contributed by atoms with Crippen LogP contribution < -0.4 is 5.32 Å². The van der Waals surface area contributed by atoms with E-state index in [0.717, 1.165) is 0 Å². The molecule has 69 heavy (non-hydrogen) atoms. The normalized spacial score (nSPS) is 23.8. The van der Waals surface area contributed by atoms with E-state index in [1.165, 1.54) is 5.56 Å². The van der Waals surface area contributed by atoms with Crippen molar-refractivity contribution in [2.45, 2.75) is 23.4 Å². The molecule has 3 aliphatic carbocycles. The standard InChI is InChI=1S/C67H8N2/c1-3-68-4-2-5(1)66-67-62-56-48-41-28-20-13-7-6-8-11-16(13)26(28)34-31-18(11)19-12(8)17-14-9(6)15-10(7)21-24(20)36-38-30(21)33-23(15)25-22(14)29-27(17)35-32(19)40-39(31)50(46(34)48)59(62)60-51(40)47(35)49-42(29)45-37(25)43(33)53-52(38)58(54(56)44(36)41)64(67)65(69-66)61(53)55(45)57(49)63(60)67/h1-4,64-66,69H. The largest absolute Gasteiger partial charge is 0.301 e. The second-order valence-corrected chi connectivity index (χ2v) is 25.5. The summed E-state index contributed by atoms with van der Waals surface area (Å²) in [5.41, 5.74) is 8.06. The van der Waals surface area contributed by atoms with Gasteiger partial charge in [0.2, 0.25) is 0 Å². The van der Waals surface area contributed by atoms with Gasteiger partial charge in [0.25, 0.3) is 0 Å². The Hall–Kier alpha value is -8.43. The van der Waals surface area contributed by atoms with E-state index in [4.69, 9.17) is 10.3 Å². The molecule has 0 bridgehead atoms. The summed E-state index contributed by atoms with van der Waals surface area (Å²) in [6.07, 6.45) is 4.21. The third-order valence-electron chi connectivity index (χ3n) is 25.4. The second-order valence-electron chi connectivity index (χ2n) is 25.5. The average Bonchev–Trinajstić information content (AvgIpc) is 4.31. The number of hydrogen-bond donors (Lipinski definition) is 1. The van der Waals surface area contributed by atoms with Crippen LogP contribution in [0.3, 0.4) is 0 Å². The summed E-state index contributed by atoms with van der Waals surface area (Å²) in [6.45, 7) is 0. The fraction of sp³-hybridized carbons (Fsp3) is 0.0597. The molecule has 0 amide bonds. The number of nitrogens with zero attached hydrogens (tertiary/aromatic N) is 1. The van der Waals surface area contributed by atoms with E-state index in [1.54, 1.807) is 313 Å². The van der Waals surface area contributed by atoms with E-state index in [9.17, 15) is 0 Å². The molecule has 1 aromatic heterocycles. The van der Waals surface area contributed by atoms with Crippen molar-refractivity contribution in [1.29, 1.82) is 0 Å².